The summed E-state index contributed by atoms with van der Waals surface area (Å²) in [5.74, 6) is 0.134. The van der Waals surface area contributed by atoms with E-state index in [4.69, 9.17) is 11.1 Å². The quantitative estimate of drug-likeness (QED) is 0.665. The molecular formula is C13H18BrN3. The van der Waals surface area contributed by atoms with E-state index in [-0.39, 0.29) is 5.84 Å². The molecule has 1 saturated heterocycles. The van der Waals surface area contributed by atoms with E-state index < -0.39 is 0 Å². The van der Waals surface area contributed by atoms with Crippen LogP contribution < -0.4 is 10.6 Å². The third-order valence-electron chi connectivity index (χ3n) is 3.42. The van der Waals surface area contributed by atoms with Crippen molar-refractivity contribution >= 4 is 27.5 Å². The zero-order valence-electron chi connectivity index (χ0n) is 10.0. The second kappa shape index (κ2) is 5.08. The summed E-state index contributed by atoms with van der Waals surface area (Å²) in [5.41, 5.74) is 7.62. The lowest BCUT2D eigenvalue weighted by Gasteiger charge is -2.28. The SMILES string of the molecule is CCC1CCCN1c1cccc(Br)c1C(=N)N. The highest BCUT2D eigenvalue weighted by Crippen LogP contribution is 2.33. The van der Waals surface area contributed by atoms with Crippen LogP contribution in [0.1, 0.15) is 31.7 Å². The number of hydrogen-bond donors (Lipinski definition) is 2. The predicted octanol–water partition coefficient (Wildman–Crippen LogP) is 3.11. The fourth-order valence-electron chi connectivity index (χ4n) is 2.60. The lowest BCUT2D eigenvalue weighted by atomic mass is 10.1. The fourth-order valence-corrected chi connectivity index (χ4v) is 3.17. The Balaban J connectivity index is 2.44. The topological polar surface area (TPSA) is 53.1 Å². The maximum Gasteiger partial charge on any atom is 0.126 e. The third kappa shape index (κ3) is 2.32. The van der Waals surface area contributed by atoms with Gasteiger partial charge < -0.3 is 10.6 Å². The van der Waals surface area contributed by atoms with E-state index in [1.165, 1.54) is 12.8 Å². The molecule has 0 radical (unpaired) electrons. The van der Waals surface area contributed by atoms with Crippen LogP contribution in [-0.2, 0) is 0 Å². The van der Waals surface area contributed by atoms with Crippen LogP contribution in [0.5, 0.6) is 0 Å². The molecule has 1 unspecified atom stereocenters. The van der Waals surface area contributed by atoms with Gasteiger partial charge in [-0.15, -0.1) is 0 Å². The van der Waals surface area contributed by atoms with Crippen molar-refractivity contribution in [1.82, 2.24) is 0 Å². The summed E-state index contributed by atoms with van der Waals surface area (Å²) in [6.07, 6.45) is 3.60. The van der Waals surface area contributed by atoms with Crippen molar-refractivity contribution < 1.29 is 0 Å². The van der Waals surface area contributed by atoms with Crippen molar-refractivity contribution in [3.05, 3.63) is 28.2 Å². The van der Waals surface area contributed by atoms with Crippen LogP contribution in [0.3, 0.4) is 0 Å². The molecule has 3 nitrogen and oxygen atoms in total. The van der Waals surface area contributed by atoms with Gasteiger partial charge in [0, 0.05) is 22.7 Å². The van der Waals surface area contributed by atoms with Crippen molar-refractivity contribution in [3.8, 4) is 0 Å². The van der Waals surface area contributed by atoms with Crippen molar-refractivity contribution in [2.75, 3.05) is 11.4 Å². The highest BCUT2D eigenvalue weighted by Gasteiger charge is 2.26. The first-order valence-corrected chi connectivity index (χ1v) is 6.84. The number of rotatable bonds is 3. The van der Waals surface area contributed by atoms with Crippen LogP contribution in [0, 0.1) is 5.41 Å². The Hall–Kier alpha value is -1.03. The van der Waals surface area contributed by atoms with E-state index in [1.54, 1.807) is 0 Å². The van der Waals surface area contributed by atoms with E-state index in [0.717, 1.165) is 28.7 Å². The lowest BCUT2D eigenvalue weighted by molar-refractivity contribution is 0.645. The van der Waals surface area contributed by atoms with E-state index in [2.05, 4.69) is 33.8 Å². The number of benzene rings is 1. The van der Waals surface area contributed by atoms with Gasteiger partial charge in [-0.3, -0.25) is 5.41 Å². The zero-order chi connectivity index (χ0) is 12.4. The fraction of sp³-hybridized carbons (Fsp3) is 0.462. The number of nitrogens with two attached hydrogens (primary N) is 1. The lowest BCUT2D eigenvalue weighted by Crippen LogP contribution is -2.31. The van der Waals surface area contributed by atoms with Crippen molar-refractivity contribution in [3.63, 3.8) is 0 Å². The summed E-state index contributed by atoms with van der Waals surface area (Å²) in [7, 11) is 0. The molecule has 0 aromatic heterocycles. The summed E-state index contributed by atoms with van der Waals surface area (Å²) < 4.78 is 0.907. The average Bonchev–Trinajstić information content (AvgIpc) is 2.75. The number of halogens is 1. The number of nitrogens with one attached hydrogen (secondary N) is 1. The van der Waals surface area contributed by atoms with Gasteiger partial charge in [0.25, 0.3) is 0 Å². The molecule has 1 aliphatic rings. The molecule has 17 heavy (non-hydrogen) atoms. The summed E-state index contributed by atoms with van der Waals surface area (Å²) in [6.45, 7) is 3.28. The van der Waals surface area contributed by atoms with E-state index >= 15 is 0 Å². The van der Waals surface area contributed by atoms with E-state index in [0.29, 0.717) is 6.04 Å². The number of amidine groups is 1. The first-order valence-electron chi connectivity index (χ1n) is 6.04. The standard InChI is InChI=1S/C13H18BrN3/c1-2-9-5-4-8-17(9)11-7-3-6-10(14)12(11)13(15)16/h3,6-7,9H,2,4-5,8H2,1H3,(H3,15,16). The predicted molar refractivity (Wildman–Crippen MR) is 75.8 cm³/mol. The Morgan fingerprint density at radius 3 is 3.00 bits per heavy atom. The first kappa shape index (κ1) is 12.4. The minimum atomic E-state index is 0.134. The summed E-state index contributed by atoms with van der Waals surface area (Å²) >= 11 is 3.49. The van der Waals surface area contributed by atoms with Gasteiger partial charge in [-0.1, -0.05) is 13.0 Å². The molecule has 1 heterocycles. The van der Waals surface area contributed by atoms with Crippen LogP contribution in [0.25, 0.3) is 0 Å². The molecule has 1 fully saturated rings. The molecule has 3 N–H and O–H groups in total. The Labute approximate surface area is 111 Å². The van der Waals surface area contributed by atoms with Crippen LogP contribution >= 0.6 is 15.9 Å². The van der Waals surface area contributed by atoms with Gasteiger partial charge in [-0.25, -0.2) is 0 Å². The number of nitrogens with zero attached hydrogens (tertiary/aromatic N) is 1. The van der Waals surface area contributed by atoms with Gasteiger partial charge in [0.2, 0.25) is 0 Å². The van der Waals surface area contributed by atoms with Crippen molar-refractivity contribution in [2.24, 2.45) is 5.73 Å². The largest absolute Gasteiger partial charge is 0.384 e. The molecule has 1 aromatic carbocycles. The molecule has 0 saturated carbocycles. The highest BCUT2D eigenvalue weighted by molar-refractivity contribution is 9.10. The highest BCUT2D eigenvalue weighted by atomic mass is 79.9. The third-order valence-corrected chi connectivity index (χ3v) is 4.08. The van der Waals surface area contributed by atoms with Gasteiger partial charge in [-0.05, 0) is 47.3 Å². The number of hydrogen-bond acceptors (Lipinski definition) is 2. The Bertz CT molecular complexity index is 431. The van der Waals surface area contributed by atoms with Gasteiger partial charge >= 0.3 is 0 Å². The molecule has 4 heteroatoms. The molecule has 1 aliphatic heterocycles. The second-order valence-corrected chi connectivity index (χ2v) is 5.30. The maximum absolute atomic E-state index is 7.73. The molecule has 92 valence electrons. The molecule has 0 amide bonds. The number of nitrogen functional groups attached to an aromatic ring is 1. The minimum absolute atomic E-state index is 0.134. The second-order valence-electron chi connectivity index (χ2n) is 4.45. The van der Waals surface area contributed by atoms with Crippen LogP contribution in [-0.4, -0.2) is 18.4 Å². The van der Waals surface area contributed by atoms with Gasteiger partial charge in [-0.2, -0.15) is 0 Å². The van der Waals surface area contributed by atoms with E-state index in [1.807, 2.05) is 12.1 Å². The summed E-state index contributed by atoms with van der Waals surface area (Å²) in [4.78, 5) is 2.39. The molecule has 0 aliphatic carbocycles. The van der Waals surface area contributed by atoms with Gasteiger partial charge in [0.15, 0.2) is 0 Å². The molecule has 2 rings (SSSR count). The zero-order valence-corrected chi connectivity index (χ0v) is 11.6. The van der Waals surface area contributed by atoms with E-state index in [9.17, 15) is 0 Å². The molecule has 1 aromatic rings. The Morgan fingerprint density at radius 2 is 2.35 bits per heavy atom. The first-order chi connectivity index (χ1) is 8.15. The maximum atomic E-state index is 7.73. The van der Waals surface area contributed by atoms with Gasteiger partial charge in [0.1, 0.15) is 5.84 Å². The molecule has 0 spiro atoms. The Kier molecular flexibility index (Phi) is 3.72. The monoisotopic (exact) mass is 295 g/mol. The Morgan fingerprint density at radius 1 is 1.59 bits per heavy atom. The minimum Gasteiger partial charge on any atom is -0.384 e. The van der Waals surface area contributed by atoms with Crippen LogP contribution in [0.4, 0.5) is 5.69 Å². The average molecular weight is 296 g/mol. The molecular weight excluding hydrogens is 278 g/mol. The molecule has 1 atom stereocenters. The van der Waals surface area contributed by atoms with Crippen molar-refractivity contribution in [2.45, 2.75) is 32.2 Å². The van der Waals surface area contributed by atoms with Crippen LogP contribution in [0.15, 0.2) is 22.7 Å². The molecule has 0 bridgehead atoms. The summed E-state index contributed by atoms with van der Waals surface area (Å²) in [6, 6.07) is 6.60. The normalized spacial score (nSPS) is 19.6. The van der Waals surface area contributed by atoms with Gasteiger partial charge in [0.05, 0.1) is 5.56 Å². The number of anilines is 1. The van der Waals surface area contributed by atoms with Crippen molar-refractivity contribution in [1.29, 1.82) is 5.41 Å². The summed E-state index contributed by atoms with van der Waals surface area (Å²) in [5, 5.41) is 7.73. The smallest absolute Gasteiger partial charge is 0.126 e. The van der Waals surface area contributed by atoms with Crippen LogP contribution in [0.2, 0.25) is 0 Å².